The van der Waals surface area contributed by atoms with E-state index in [0.29, 0.717) is 18.8 Å². The van der Waals surface area contributed by atoms with Gasteiger partial charge < -0.3 is 10.1 Å². The van der Waals surface area contributed by atoms with Crippen molar-refractivity contribution in [2.75, 3.05) is 30.8 Å². The molecule has 1 rings (SSSR count). The van der Waals surface area contributed by atoms with Gasteiger partial charge in [0, 0.05) is 13.7 Å². The van der Waals surface area contributed by atoms with Crippen LogP contribution in [-0.4, -0.2) is 46.9 Å². The molecule has 0 aliphatic carbocycles. The van der Waals surface area contributed by atoms with Crippen LogP contribution in [0.4, 0.5) is 5.69 Å². The summed E-state index contributed by atoms with van der Waals surface area (Å²) in [6.45, 7) is 6.06. The molecule has 0 heterocycles. The summed E-state index contributed by atoms with van der Waals surface area (Å²) in [4.78, 5) is 12.2. The zero-order valence-corrected chi connectivity index (χ0v) is 14.5. The first kappa shape index (κ1) is 18.4. The smallest absolute Gasteiger partial charge is 0.243 e. The molecule has 7 heteroatoms. The van der Waals surface area contributed by atoms with Crippen LogP contribution in [-0.2, 0) is 19.6 Å². The Balaban J connectivity index is 3.11. The van der Waals surface area contributed by atoms with Crippen molar-refractivity contribution in [1.82, 2.24) is 5.32 Å². The molecule has 22 heavy (non-hydrogen) atoms. The summed E-state index contributed by atoms with van der Waals surface area (Å²) >= 11 is 0. The van der Waals surface area contributed by atoms with Crippen LogP contribution < -0.4 is 9.62 Å². The average molecular weight is 328 g/mol. The van der Waals surface area contributed by atoms with Gasteiger partial charge in [0.2, 0.25) is 15.9 Å². The summed E-state index contributed by atoms with van der Waals surface area (Å²) in [6.07, 6.45) is 1.10. The van der Waals surface area contributed by atoms with Crippen molar-refractivity contribution in [3.63, 3.8) is 0 Å². The van der Waals surface area contributed by atoms with Gasteiger partial charge in [-0.1, -0.05) is 6.07 Å². The molecule has 0 spiro atoms. The van der Waals surface area contributed by atoms with Gasteiger partial charge in [-0.2, -0.15) is 0 Å². The summed E-state index contributed by atoms with van der Waals surface area (Å²) in [5.74, 6) is -0.360. The molecule has 1 aromatic carbocycles. The molecule has 0 aliphatic rings. The second kappa shape index (κ2) is 7.60. The predicted octanol–water partition coefficient (Wildman–Crippen LogP) is 1.22. The van der Waals surface area contributed by atoms with E-state index in [4.69, 9.17) is 4.74 Å². The molecule has 124 valence electrons. The van der Waals surface area contributed by atoms with Crippen molar-refractivity contribution in [1.29, 1.82) is 0 Å². The normalized spacial score (nSPS) is 12.8. The zero-order chi connectivity index (χ0) is 16.9. The van der Waals surface area contributed by atoms with Crippen LogP contribution in [0.1, 0.15) is 18.1 Å². The van der Waals surface area contributed by atoms with Crippen LogP contribution in [0.3, 0.4) is 0 Å². The van der Waals surface area contributed by atoms with E-state index < -0.39 is 16.1 Å². The number of methoxy groups -OCH3 is 1. The van der Waals surface area contributed by atoms with Crippen LogP contribution >= 0.6 is 0 Å². The Labute approximate surface area is 132 Å². The Morgan fingerprint density at radius 3 is 2.27 bits per heavy atom. The van der Waals surface area contributed by atoms with Crippen molar-refractivity contribution in [2.24, 2.45) is 0 Å². The molecular formula is C15H24N2O4S. The lowest BCUT2D eigenvalue weighted by Gasteiger charge is -2.28. The monoisotopic (exact) mass is 328 g/mol. The highest BCUT2D eigenvalue weighted by atomic mass is 32.2. The number of carbonyl (C=O) groups is 1. The first-order valence-electron chi connectivity index (χ1n) is 7.01. The standard InChI is InChI=1S/C15H24N2O4S/c1-11-8-12(2)10-14(9-11)17(22(5,19)20)13(3)15(18)16-6-7-21-4/h8-10,13H,6-7H2,1-5H3,(H,16,18)/t13-/m1/s1. The summed E-state index contributed by atoms with van der Waals surface area (Å²) in [5, 5.41) is 2.66. The molecule has 0 radical (unpaired) electrons. The second-order valence-electron chi connectivity index (χ2n) is 5.36. The fourth-order valence-electron chi connectivity index (χ4n) is 2.31. The van der Waals surface area contributed by atoms with Crippen LogP contribution in [0.15, 0.2) is 18.2 Å². The molecule has 0 saturated heterocycles. The maximum atomic E-state index is 12.2. The SMILES string of the molecule is COCCNC(=O)[C@@H](C)N(c1cc(C)cc(C)c1)S(C)(=O)=O. The number of anilines is 1. The van der Waals surface area contributed by atoms with E-state index >= 15 is 0 Å². The second-order valence-corrected chi connectivity index (χ2v) is 7.22. The molecule has 1 N–H and O–H groups in total. The third-order valence-corrected chi connectivity index (χ3v) is 4.40. The molecule has 0 saturated carbocycles. The minimum absolute atomic E-state index is 0.337. The van der Waals surface area contributed by atoms with Crippen molar-refractivity contribution < 1.29 is 17.9 Å². The van der Waals surface area contributed by atoms with Gasteiger partial charge in [-0.05, 0) is 44.0 Å². The number of sulfonamides is 1. The Hall–Kier alpha value is -1.60. The van der Waals surface area contributed by atoms with Crippen LogP contribution in [0.2, 0.25) is 0 Å². The summed E-state index contributed by atoms with van der Waals surface area (Å²) < 4.78 is 30.3. The molecule has 0 fully saturated rings. The minimum Gasteiger partial charge on any atom is -0.383 e. The lowest BCUT2D eigenvalue weighted by Crippen LogP contribution is -2.48. The Kier molecular flexibility index (Phi) is 6.37. The first-order chi connectivity index (χ1) is 10.2. The quantitative estimate of drug-likeness (QED) is 0.764. The molecule has 1 atom stereocenters. The summed E-state index contributed by atoms with van der Waals surface area (Å²) in [5.41, 5.74) is 2.38. The van der Waals surface area contributed by atoms with Gasteiger partial charge in [0.15, 0.2) is 0 Å². The fraction of sp³-hybridized carbons (Fsp3) is 0.533. The number of rotatable bonds is 7. The van der Waals surface area contributed by atoms with E-state index in [1.165, 1.54) is 7.11 Å². The molecular weight excluding hydrogens is 304 g/mol. The minimum atomic E-state index is -3.59. The third kappa shape index (κ3) is 4.99. The maximum absolute atomic E-state index is 12.2. The van der Waals surface area contributed by atoms with Crippen LogP contribution in [0, 0.1) is 13.8 Å². The Bertz CT molecular complexity index is 608. The Morgan fingerprint density at radius 2 is 1.82 bits per heavy atom. The Morgan fingerprint density at radius 1 is 1.27 bits per heavy atom. The molecule has 0 unspecified atom stereocenters. The summed E-state index contributed by atoms with van der Waals surface area (Å²) in [6, 6.07) is 4.63. The van der Waals surface area contributed by atoms with Gasteiger partial charge in [-0.3, -0.25) is 9.10 Å². The predicted molar refractivity (Wildman–Crippen MR) is 87.6 cm³/mol. The highest BCUT2D eigenvalue weighted by Gasteiger charge is 2.29. The number of benzene rings is 1. The van der Waals surface area contributed by atoms with E-state index in [1.54, 1.807) is 19.1 Å². The number of carbonyl (C=O) groups excluding carboxylic acids is 1. The highest BCUT2D eigenvalue weighted by molar-refractivity contribution is 7.92. The largest absolute Gasteiger partial charge is 0.383 e. The number of nitrogens with one attached hydrogen (secondary N) is 1. The molecule has 1 amide bonds. The lowest BCUT2D eigenvalue weighted by molar-refractivity contribution is -0.122. The number of ether oxygens (including phenoxy) is 1. The van der Waals surface area contributed by atoms with E-state index in [0.717, 1.165) is 21.7 Å². The third-order valence-electron chi connectivity index (χ3n) is 3.15. The molecule has 1 aromatic rings. The first-order valence-corrected chi connectivity index (χ1v) is 8.86. The van der Waals surface area contributed by atoms with Crippen LogP contribution in [0.5, 0.6) is 0 Å². The van der Waals surface area contributed by atoms with Crippen molar-refractivity contribution >= 4 is 21.6 Å². The number of nitrogens with zero attached hydrogens (tertiary/aromatic N) is 1. The maximum Gasteiger partial charge on any atom is 0.243 e. The van der Waals surface area contributed by atoms with Crippen molar-refractivity contribution in [2.45, 2.75) is 26.8 Å². The van der Waals surface area contributed by atoms with Gasteiger partial charge in [-0.25, -0.2) is 8.42 Å². The number of hydrogen-bond acceptors (Lipinski definition) is 4. The molecule has 6 nitrogen and oxygen atoms in total. The summed E-state index contributed by atoms with van der Waals surface area (Å²) in [7, 11) is -2.05. The average Bonchev–Trinajstić information content (AvgIpc) is 2.36. The molecule has 0 aromatic heterocycles. The van der Waals surface area contributed by atoms with E-state index in [-0.39, 0.29) is 5.91 Å². The van der Waals surface area contributed by atoms with Crippen LogP contribution in [0.25, 0.3) is 0 Å². The van der Waals surface area contributed by atoms with Gasteiger partial charge in [0.1, 0.15) is 6.04 Å². The van der Waals surface area contributed by atoms with E-state index in [2.05, 4.69) is 5.32 Å². The number of aryl methyl sites for hydroxylation is 2. The highest BCUT2D eigenvalue weighted by Crippen LogP contribution is 2.23. The lowest BCUT2D eigenvalue weighted by atomic mass is 10.1. The van der Waals surface area contributed by atoms with Gasteiger partial charge in [-0.15, -0.1) is 0 Å². The van der Waals surface area contributed by atoms with Gasteiger partial charge in [0.05, 0.1) is 18.6 Å². The molecule has 0 bridgehead atoms. The van der Waals surface area contributed by atoms with Gasteiger partial charge >= 0.3 is 0 Å². The van der Waals surface area contributed by atoms with Gasteiger partial charge in [0.25, 0.3) is 0 Å². The fourth-order valence-corrected chi connectivity index (χ4v) is 3.47. The number of amides is 1. The number of hydrogen-bond donors (Lipinski definition) is 1. The zero-order valence-electron chi connectivity index (χ0n) is 13.7. The van der Waals surface area contributed by atoms with Crippen molar-refractivity contribution in [3.05, 3.63) is 29.3 Å². The topological polar surface area (TPSA) is 75.7 Å². The van der Waals surface area contributed by atoms with Crippen molar-refractivity contribution in [3.8, 4) is 0 Å². The van der Waals surface area contributed by atoms with E-state index in [9.17, 15) is 13.2 Å². The van der Waals surface area contributed by atoms with E-state index in [1.807, 2.05) is 19.9 Å². The molecule has 0 aliphatic heterocycles.